The van der Waals surface area contributed by atoms with Gasteiger partial charge in [0.1, 0.15) is 5.82 Å². The molecule has 1 amide bonds. The fraction of sp³-hybridized carbons (Fsp3) is 0.207. The molecule has 0 unspecified atom stereocenters. The maximum atomic E-state index is 13.3. The molecule has 3 aromatic carbocycles. The number of H-pyrrole nitrogens is 2. The monoisotopic (exact) mass is 513 g/mol. The Kier molecular flexibility index (Phi) is 6.69. The van der Waals surface area contributed by atoms with Gasteiger partial charge in [0.25, 0.3) is 11.5 Å². The van der Waals surface area contributed by atoms with E-state index in [0.29, 0.717) is 52.0 Å². The van der Waals surface area contributed by atoms with E-state index in [9.17, 15) is 14.0 Å². The Bertz CT molecular complexity index is 1710. The van der Waals surface area contributed by atoms with Crippen molar-refractivity contribution in [3.63, 3.8) is 0 Å². The number of carbonyl (C=O) groups excluding carboxylic acids is 1. The number of fused-ring (bicyclic) bond motifs is 2. The number of nitrogens with one attached hydrogen (secondary N) is 2. The van der Waals surface area contributed by atoms with E-state index < -0.39 is 5.56 Å². The SMILES string of the molecule is COCCN(C(=O)c1ccc2[nH]c(-c3nc4ccc(-c5ccc(F)cc5)cc4[nH]c3=O)c(N)c2c1)C(C)C. The molecule has 4 N–H and O–H groups in total. The second-order valence-electron chi connectivity index (χ2n) is 9.41. The number of aromatic amines is 2. The lowest BCUT2D eigenvalue weighted by molar-refractivity contribution is 0.0635. The molecule has 0 bridgehead atoms. The van der Waals surface area contributed by atoms with Gasteiger partial charge in [0, 0.05) is 36.2 Å². The number of nitrogens with two attached hydrogens (primary N) is 1. The zero-order chi connectivity index (χ0) is 27.0. The number of carbonyl (C=O) groups is 1. The Balaban J connectivity index is 1.53. The second kappa shape index (κ2) is 10.1. The van der Waals surface area contributed by atoms with Gasteiger partial charge in [0.2, 0.25) is 0 Å². The number of nitrogen functional groups attached to an aromatic ring is 1. The molecule has 2 heterocycles. The van der Waals surface area contributed by atoms with Crippen LogP contribution in [0.25, 0.3) is 44.5 Å². The van der Waals surface area contributed by atoms with Crippen molar-refractivity contribution in [2.75, 3.05) is 26.0 Å². The topological polar surface area (TPSA) is 117 Å². The van der Waals surface area contributed by atoms with E-state index in [1.807, 2.05) is 19.9 Å². The molecule has 0 aliphatic rings. The minimum absolute atomic E-state index is 0.00332. The molecule has 194 valence electrons. The van der Waals surface area contributed by atoms with Crippen LogP contribution in [0.2, 0.25) is 0 Å². The third-order valence-corrected chi connectivity index (χ3v) is 6.61. The third-order valence-electron chi connectivity index (χ3n) is 6.61. The molecule has 0 aliphatic heterocycles. The van der Waals surface area contributed by atoms with Gasteiger partial charge in [-0.2, -0.15) is 0 Å². The van der Waals surface area contributed by atoms with Gasteiger partial charge in [0.15, 0.2) is 5.69 Å². The summed E-state index contributed by atoms with van der Waals surface area (Å²) >= 11 is 0. The minimum Gasteiger partial charge on any atom is -0.396 e. The van der Waals surface area contributed by atoms with Gasteiger partial charge in [-0.3, -0.25) is 9.59 Å². The van der Waals surface area contributed by atoms with Gasteiger partial charge >= 0.3 is 0 Å². The standard InChI is InChI=1S/C29H28FN5O3/c1-16(2)35(12-13-38-3)29(37)19-7-10-22-21(14-19)25(31)26(32-22)27-28(36)34-24-15-18(6-11-23(24)33-27)17-4-8-20(30)9-5-17/h4-11,14-16,32H,12-13,31H2,1-3H3,(H,34,36). The van der Waals surface area contributed by atoms with Gasteiger partial charge in [-0.05, 0) is 67.4 Å². The van der Waals surface area contributed by atoms with Gasteiger partial charge in [-0.25, -0.2) is 9.37 Å². The Hall–Kier alpha value is -4.50. The van der Waals surface area contributed by atoms with Crippen LogP contribution in [-0.4, -0.2) is 52.1 Å². The summed E-state index contributed by atoms with van der Waals surface area (Å²) in [7, 11) is 1.60. The molecular weight excluding hydrogens is 485 g/mol. The Morgan fingerprint density at radius 1 is 1.03 bits per heavy atom. The summed E-state index contributed by atoms with van der Waals surface area (Å²) in [5.41, 5.74) is 10.9. The zero-order valence-electron chi connectivity index (χ0n) is 21.3. The predicted octanol–water partition coefficient (Wildman–Crippen LogP) is 4.96. The zero-order valence-corrected chi connectivity index (χ0v) is 21.3. The number of amides is 1. The lowest BCUT2D eigenvalue weighted by Crippen LogP contribution is -2.39. The second-order valence-corrected chi connectivity index (χ2v) is 9.41. The van der Waals surface area contributed by atoms with Crippen LogP contribution >= 0.6 is 0 Å². The molecule has 0 aliphatic carbocycles. The summed E-state index contributed by atoms with van der Waals surface area (Å²) in [5.74, 6) is -0.440. The van der Waals surface area contributed by atoms with Crippen molar-refractivity contribution in [2.45, 2.75) is 19.9 Å². The number of aromatic nitrogens is 3. The van der Waals surface area contributed by atoms with Gasteiger partial charge in [0.05, 0.1) is 29.0 Å². The fourth-order valence-electron chi connectivity index (χ4n) is 4.56. The van der Waals surface area contributed by atoms with Crippen LogP contribution in [0.15, 0.2) is 65.5 Å². The Morgan fingerprint density at radius 2 is 1.76 bits per heavy atom. The van der Waals surface area contributed by atoms with E-state index in [2.05, 4.69) is 15.0 Å². The first-order valence-corrected chi connectivity index (χ1v) is 12.3. The van der Waals surface area contributed by atoms with E-state index in [4.69, 9.17) is 10.5 Å². The van der Waals surface area contributed by atoms with Crippen LogP contribution in [0.5, 0.6) is 0 Å². The van der Waals surface area contributed by atoms with Crippen molar-refractivity contribution in [1.82, 2.24) is 19.9 Å². The summed E-state index contributed by atoms with van der Waals surface area (Å²) in [6.45, 7) is 4.81. The van der Waals surface area contributed by atoms with Crippen molar-refractivity contribution >= 4 is 33.5 Å². The van der Waals surface area contributed by atoms with Crippen molar-refractivity contribution in [2.24, 2.45) is 0 Å². The first-order chi connectivity index (χ1) is 18.3. The first-order valence-electron chi connectivity index (χ1n) is 12.3. The summed E-state index contributed by atoms with van der Waals surface area (Å²) < 4.78 is 18.5. The number of ether oxygens (including phenoxy) is 1. The predicted molar refractivity (Wildman–Crippen MR) is 148 cm³/mol. The number of hydrogen-bond acceptors (Lipinski definition) is 5. The molecule has 0 atom stereocenters. The molecule has 9 heteroatoms. The maximum Gasteiger partial charge on any atom is 0.276 e. The van der Waals surface area contributed by atoms with Crippen molar-refractivity contribution in [3.05, 3.63) is 82.4 Å². The summed E-state index contributed by atoms with van der Waals surface area (Å²) in [4.78, 5) is 38.7. The van der Waals surface area contributed by atoms with Crippen LogP contribution in [0.3, 0.4) is 0 Å². The Labute approximate surface area is 218 Å². The quantitative estimate of drug-likeness (QED) is 0.285. The third kappa shape index (κ3) is 4.64. The van der Waals surface area contributed by atoms with Crippen LogP contribution in [0, 0.1) is 5.82 Å². The van der Waals surface area contributed by atoms with E-state index in [0.717, 1.165) is 11.1 Å². The van der Waals surface area contributed by atoms with E-state index in [1.54, 1.807) is 54.5 Å². The molecule has 38 heavy (non-hydrogen) atoms. The molecular formula is C29H28FN5O3. The van der Waals surface area contributed by atoms with E-state index in [1.165, 1.54) is 12.1 Å². The van der Waals surface area contributed by atoms with Crippen LogP contribution in [0.4, 0.5) is 10.1 Å². The summed E-state index contributed by atoms with van der Waals surface area (Å²) in [6, 6.07) is 16.8. The fourth-order valence-corrected chi connectivity index (χ4v) is 4.56. The summed E-state index contributed by atoms with van der Waals surface area (Å²) in [6.07, 6.45) is 0. The number of rotatable bonds is 7. The molecule has 8 nitrogen and oxygen atoms in total. The first kappa shape index (κ1) is 25.2. The number of hydrogen-bond donors (Lipinski definition) is 3. The number of halogens is 1. The Morgan fingerprint density at radius 3 is 2.47 bits per heavy atom. The van der Waals surface area contributed by atoms with Gasteiger partial charge in [-0.15, -0.1) is 0 Å². The normalized spacial score (nSPS) is 11.5. The number of benzene rings is 3. The average molecular weight is 514 g/mol. The van der Waals surface area contributed by atoms with Gasteiger partial charge < -0.3 is 25.3 Å². The molecule has 0 saturated heterocycles. The van der Waals surface area contributed by atoms with Crippen LogP contribution in [-0.2, 0) is 4.74 Å². The largest absolute Gasteiger partial charge is 0.396 e. The van der Waals surface area contributed by atoms with Crippen molar-refractivity contribution in [1.29, 1.82) is 0 Å². The van der Waals surface area contributed by atoms with Crippen LogP contribution in [0.1, 0.15) is 24.2 Å². The van der Waals surface area contributed by atoms with Crippen LogP contribution < -0.4 is 11.3 Å². The van der Waals surface area contributed by atoms with Crippen molar-refractivity contribution < 1.29 is 13.9 Å². The van der Waals surface area contributed by atoms with Crippen molar-refractivity contribution in [3.8, 4) is 22.5 Å². The minimum atomic E-state index is -0.408. The molecule has 0 radical (unpaired) electrons. The van der Waals surface area contributed by atoms with E-state index in [-0.39, 0.29) is 23.5 Å². The lowest BCUT2D eigenvalue weighted by Gasteiger charge is -2.26. The molecule has 5 aromatic rings. The number of nitrogens with zero attached hydrogens (tertiary/aromatic N) is 2. The number of methoxy groups -OCH3 is 1. The molecule has 0 spiro atoms. The smallest absolute Gasteiger partial charge is 0.276 e. The summed E-state index contributed by atoms with van der Waals surface area (Å²) in [5, 5.41) is 0.634. The number of anilines is 1. The molecule has 0 fully saturated rings. The van der Waals surface area contributed by atoms with E-state index >= 15 is 0 Å². The highest BCUT2D eigenvalue weighted by molar-refractivity contribution is 6.04. The highest BCUT2D eigenvalue weighted by atomic mass is 19.1. The highest BCUT2D eigenvalue weighted by Crippen LogP contribution is 2.32. The molecule has 2 aromatic heterocycles. The lowest BCUT2D eigenvalue weighted by atomic mass is 10.0. The highest BCUT2D eigenvalue weighted by Gasteiger charge is 2.21. The molecule has 5 rings (SSSR count). The maximum absolute atomic E-state index is 13.3. The molecule has 0 saturated carbocycles. The van der Waals surface area contributed by atoms with Gasteiger partial charge in [-0.1, -0.05) is 18.2 Å². The average Bonchev–Trinajstić information content (AvgIpc) is 3.23.